The van der Waals surface area contributed by atoms with Gasteiger partial charge in [0.05, 0.1) is 4.99 Å². The first-order valence-corrected chi connectivity index (χ1v) is 8.00. The van der Waals surface area contributed by atoms with Gasteiger partial charge in [0, 0.05) is 28.9 Å². The molecule has 0 heterocycles. The van der Waals surface area contributed by atoms with Gasteiger partial charge in [0.2, 0.25) is 5.91 Å². The molecule has 3 unspecified atom stereocenters. The second-order valence-electron chi connectivity index (χ2n) is 4.40. The Kier molecular flexibility index (Phi) is 6.11. The Hall–Kier alpha value is -1.27. The molecule has 1 aromatic rings. The number of hydrogen-bond acceptors (Lipinski definition) is 3. The molecule has 1 rings (SSSR count). The molecule has 0 aromatic heterocycles. The zero-order chi connectivity index (χ0) is 14.4. The van der Waals surface area contributed by atoms with E-state index in [0.717, 1.165) is 5.56 Å². The minimum Gasteiger partial charge on any atom is -0.392 e. The van der Waals surface area contributed by atoms with Crippen molar-refractivity contribution >= 4 is 33.9 Å². The average molecular weight is 298 g/mol. The molecule has 0 fully saturated rings. The van der Waals surface area contributed by atoms with Gasteiger partial charge in [0.25, 0.3) is 0 Å². The van der Waals surface area contributed by atoms with Gasteiger partial charge in [-0.2, -0.15) is 0 Å². The zero-order valence-electron chi connectivity index (χ0n) is 11.0. The van der Waals surface area contributed by atoms with Crippen molar-refractivity contribution in [1.82, 2.24) is 5.32 Å². The Balaban J connectivity index is 2.81. The molecule has 4 nitrogen and oxygen atoms in total. The lowest BCUT2D eigenvalue weighted by Crippen LogP contribution is -2.42. The summed E-state index contributed by atoms with van der Waals surface area (Å²) in [6.07, 6.45) is 1.60. The number of nitrogens with two attached hydrogens (primary N) is 1. The van der Waals surface area contributed by atoms with Gasteiger partial charge < -0.3 is 11.1 Å². The second-order valence-corrected chi connectivity index (χ2v) is 6.35. The predicted molar refractivity (Wildman–Crippen MR) is 82.5 cm³/mol. The Labute approximate surface area is 121 Å². The fourth-order valence-electron chi connectivity index (χ4n) is 1.81. The van der Waals surface area contributed by atoms with Gasteiger partial charge in [0.15, 0.2) is 0 Å². The van der Waals surface area contributed by atoms with E-state index >= 15 is 0 Å². The van der Waals surface area contributed by atoms with E-state index in [1.54, 1.807) is 13.2 Å². The fourth-order valence-corrected chi connectivity index (χ4v) is 2.84. The highest BCUT2D eigenvalue weighted by atomic mass is 32.2. The number of amides is 1. The number of carbonyl (C=O) groups is 1. The third-order valence-electron chi connectivity index (χ3n) is 2.55. The van der Waals surface area contributed by atoms with Crippen LogP contribution < -0.4 is 11.1 Å². The molecule has 1 amide bonds. The molecule has 104 valence electrons. The summed E-state index contributed by atoms with van der Waals surface area (Å²) in [5.41, 5.74) is 6.42. The maximum atomic E-state index is 12.2. The Morgan fingerprint density at radius 1 is 1.42 bits per heavy atom. The van der Waals surface area contributed by atoms with Crippen LogP contribution in [0.25, 0.3) is 0 Å². The number of hydrogen-bond donors (Lipinski definition) is 2. The van der Waals surface area contributed by atoms with Crippen LogP contribution in [0.3, 0.4) is 0 Å². The van der Waals surface area contributed by atoms with E-state index in [-0.39, 0.29) is 16.9 Å². The highest BCUT2D eigenvalue weighted by Crippen LogP contribution is 2.16. The summed E-state index contributed by atoms with van der Waals surface area (Å²) in [5, 5.41) is 2.79. The topological polar surface area (TPSA) is 72.2 Å². The smallest absolute Gasteiger partial charge is 0.234 e. The number of nitrogens with one attached hydrogen (secondary N) is 1. The Morgan fingerprint density at radius 3 is 2.47 bits per heavy atom. The molecule has 0 saturated carbocycles. The summed E-state index contributed by atoms with van der Waals surface area (Å²) in [6.45, 7) is 1.81. The quantitative estimate of drug-likeness (QED) is 0.767. The largest absolute Gasteiger partial charge is 0.392 e. The highest BCUT2D eigenvalue weighted by molar-refractivity contribution is 7.84. The van der Waals surface area contributed by atoms with Crippen molar-refractivity contribution in [3.8, 4) is 0 Å². The van der Waals surface area contributed by atoms with Crippen molar-refractivity contribution in [1.29, 1.82) is 0 Å². The number of benzene rings is 1. The van der Waals surface area contributed by atoms with Gasteiger partial charge in [-0.05, 0) is 12.5 Å². The van der Waals surface area contributed by atoms with E-state index < -0.39 is 16.7 Å². The molecule has 0 radical (unpaired) electrons. The normalized spacial score (nSPS) is 15.3. The van der Waals surface area contributed by atoms with Crippen molar-refractivity contribution in [2.45, 2.75) is 18.9 Å². The first-order valence-electron chi connectivity index (χ1n) is 5.86. The maximum Gasteiger partial charge on any atom is 0.234 e. The van der Waals surface area contributed by atoms with E-state index in [1.807, 2.05) is 30.3 Å². The van der Waals surface area contributed by atoms with E-state index in [2.05, 4.69) is 5.32 Å². The van der Waals surface area contributed by atoms with Crippen LogP contribution in [-0.4, -0.2) is 33.2 Å². The van der Waals surface area contributed by atoms with Gasteiger partial charge >= 0.3 is 0 Å². The van der Waals surface area contributed by atoms with Gasteiger partial charge in [-0.15, -0.1) is 0 Å². The molecule has 19 heavy (non-hydrogen) atoms. The van der Waals surface area contributed by atoms with Crippen LogP contribution >= 0.6 is 12.2 Å². The molecule has 0 bridgehead atoms. The van der Waals surface area contributed by atoms with E-state index in [4.69, 9.17) is 18.0 Å². The SMILES string of the molecule is CC(CS(C)=O)NC(=O)C(C(N)=S)c1ccccc1. The number of thiocarbonyl (C=S) groups is 1. The minimum atomic E-state index is -0.959. The lowest BCUT2D eigenvalue weighted by atomic mass is 9.98. The van der Waals surface area contributed by atoms with Crippen LogP contribution in [0.15, 0.2) is 30.3 Å². The maximum absolute atomic E-state index is 12.2. The lowest BCUT2D eigenvalue weighted by Gasteiger charge is -2.19. The van der Waals surface area contributed by atoms with Gasteiger partial charge in [-0.25, -0.2) is 0 Å². The van der Waals surface area contributed by atoms with Gasteiger partial charge in [-0.3, -0.25) is 9.00 Å². The van der Waals surface area contributed by atoms with Crippen LogP contribution in [-0.2, 0) is 15.6 Å². The zero-order valence-corrected chi connectivity index (χ0v) is 12.6. The molecular weight excluding hydrogens is 280 g/mol. The molecule has 0 aliphatic carbocycles. The van der Waals surface area contributed by atoms with E-state index in [1.165, 1.54) is 0 Å². The number of carbonyl (C=O) groups excluding carboxylic acids is 1. The van der Waals surface area contributed by atoms with Crippen molar-refractivity contribution in [3.63, 3.8) is 0 Å². The molecule has 0 spiro atoms. The van der Waals surface area contributed by atoms with E-state index in [0.29, 0.717) is 5.75 Å². The van der Waals surface area contributed by atoms with Crippen molar-refractivity contribution < 1.29 is 9.00 Å². The predicted octanol–water partition coefficient (Wildman–Crippen LogP) is 0.940. The van der Waals surface area contributed by atoms with Crippen molar-refractivity contribution in [2.75, 3.05) is 12.0 Å². The van der Waals surface area contributed by atoms with Gasteiger partial charge in [-0.1, -0.05) is 42.5 Å². The van der Waals surface area contributed by atoms with Crippen LogP contribution in [0.2, 0.25) is 0 Å². The van der Waals surface area contributed by atoms with Crippen LogP contribution in [0.5, 0.6) is 0 Å². The Bertz CT molecular complexity index is 477. The summed E-state index contributed by atoms with van der Waals surface area (Å²) in [6, 6.07) is 8.97. The Morgan fingerprint density at radius 2 is 2.00 bits per heavy atom. The fraction of sp³-hybridized carbons (Fsp3) is 0.385. The number of rotatable bonds is 6. The van der Waals surface area contributed by atoms with Crippen LogP contribution in [0, 0.1) is 0 Å². The highest BCUT2D eigenvalue weighted by Gasteiger charge is 2.24. The third-order valence-corrected chi connectivity index (χ3v) is 3.76. The summed E-state index contributed by atoms with van der Waals surface area (Å²) >= 11 is 4.97. The molecule has 0 saturated heterocycles. The summed E-state index contributed by atoms with van der Waals surface area (Å²) in [7, 11) is -0.959. The summed E-state index contributed by atoms with van der Waals surface area (Å²) in [4.78, 5) is 12.3. The first kappa shape index (κ1) is 15.8. The molecule has 6 heteroatoms. The second kappa shape index (κ2) is 7.35. The lowest BCUT2D eigenvalue weighted by molar-refractivity contribution is -0.121. The van der Waals surface area contributed by atoms with Crippen LogP contribution in [0.1, 0.15) is 18.4 Å². The van der Waals surface area contributed by atoms with Gasteiger partial charge in [0.1, 0.15) is 5.92 Å². The van der Waals surface area contributed by atoms with Crippen LogP contribution in [0.4, 0.5) is 0 Å². The molecule has 0 aliphatic rings. The average Bonchev–Trinajstić information content (AvgIpc) is 2.28. The summed E-state index contributed by atoms with van der Waals surface area (Å²) < 4.78 is 11.1. The summed E-state index contributed by atoms with van der Waals surface area (Å²) in [5.74, 6) is -0.495. The molecule has 3 N–H and O–H groups in total. The first-order chi connectivity index (χ1) is 8.91. The molecule has 3 atom stereocenters. The van der Waals surface area contributed by atoms with Crippen molar-refractivity contribution in [2.24, 2.45) is 5.73 Å². The standard InChI is InChI=1S/C13H18N2O2S2/c1-9(8-19(2)17)15-13(16)11(12(14)18)10-6-4-3-5-7-10/h3-7,9,11H,8H2,1-2H3,(H2,14,18)(H,15,16). The molecular formula is C13H18N2O2S2. The molecule has 1 aromatic carbocycles. The minimum absolute atomic E-state index is 0.133. The van der Waals surface area contributed by atoms with E-state index in [9.17, 15) is 9.00 Å². The third kappa shape index (κ3) is 5.08. The van der Waals surface area contributed by atoms with Crippen molar-refractivity contribution in [3.05, 3.63) is 35.9 Å². The molecule has 0 aliphatic heterocycles. The monoisotopic (exact) mass is 298 g/mol.